The van der Waals surface area contributed by atoms with Crippen LogP contribution in [0.25, 0.3) is 0 Å². The zero-order valence-electron chi connectivity index (χ0n) is 14.3. The molecule has 1 N–H and O–H groups in total. The van der Waals surface area contributed by atoms with E-state index in [0.29, 0.717) is 6.61 Å². The quantitative estimate of drug-likeness (QED) is 0.818. The van der Waals surface area contributed by atoms with E-state index in [1.54, 1.807) is 0 Å². The summed E-state index contributed by atoms with van der Waals surface area (Å²) in [4.78, 5) is 0. The molecule has 3 heteroatoms. The zero-order chi connectivity index (χ0) is 16.0. The first-order chi connectivity index (χ1) is 9.74. The lowest BCUT2D eigenvalue weighted by Crippen LogP contribution is -2.26. The maximum atomic E-state index is 10.1. The molecule has 1 unspecified atom stereocenters. The van der Waals surface area contributed by atoms with Gasteiger partial charge in [-0.1, -0.05) is 26.8 Å². The molecule has 0 spiro atoms. The van der Waals surface area contributed by atoms with Gasteiger partial charge in [-0.2, -0.15) is 0 Å². The van der Waals surface area contributed by atoms with Gasteiger partial charge < -0.3 is 14.6 Å². The highest BCUT2D eigenvalue weighted by Gasteiger charge is 2.21. The average molecular weight is 294 g/mol. The fourth-order valence-electron chi connectivity index (χ4n) is 2.06. The monoisotopic (exact) mass is 294 g/mol. The molecule has 0 aliphatic carbocycles. The van der Waals surface area contributed by atoms with Crippen LogP contribution in [0, 0.1) is 5.41 Å². The van der Waals surface area contributed by atoms with Crippen LogP contribution in [0.1, 0.15) is 53.5 Å². The van der Waals surface area contributed by atoms with Crippen LogP contribution >= 0.6 is 0 Å². The first-order valence-electron chi connectivity index (χ1n) is 7.84. The lowest BCUT2D eigenvalue weighted by molar-refractivity contribution is 0.0560. The van der Waals surface area contributed by atoms with Crippen molar-refractivity contribution in [2.75, 3.05) is 6.61 Å². The second-order valence-corrected chi connectivity index (χ2v) is 6.80. The van der Waals surface area contributed by atoms with Gasteiger partial charge in [-0.15, -0.1) is 0 Å². The standard InChI is InChI=1S/C18H30O3/c1-7-20-16-12-14(8-10-15(16)21-13(2)3)9-11-17(19)18(4,5)6/h8,10,12-13,17,19H,7,9,11H2,1-6H3. The molecule has 21 heavy (non-hydrogen) atoms. The van der Waals surface area contributed by atoms with Gasteiger partial charge in [0.25, 0.3) is 0 Å². The lowest BCUT2D eigenvalue weighted by Gasteiger charge is -2.25. The third-order valence-electron chi connectivity index (χ3n) is 3.38. The number of hydrogen-bond acceptors (Lipinski definition) is 3. The Labute approximate surface area is 129 Å². The molecule has 0 radical (unpaired) electrons. The maximum Gasteiger partial charge on any atom is 0.161 e. The van der Waals surface area contributed by atoms with Gasteiger partial charge in [0.1, 0.15) is 0 Å². The highest BCUT2D eigenvalue weighted by molar-refractivity contribution is 5.43. The molecule has 0 aromatic heterocycles. The van der Waals surface area contributed by atoms with E-state index in [-0.39, 0.29) is 17.6 Å². The van der Waals surface area contributed by atoms with Gasteiger partial charge in [0.05, 0.1) is 18.8 Å². The number of aliphatic hydroxyl groups excluding tert-OH is 1. The molecule has 0 saturated carbocycles. The van der Waals surface area contributed by atoms with Crippen molar-refractivity contribution in [1.29, 1.82) is 0 Å². The van der Waals surface area contributed by atoms with Crippen molar-refractivity contribution in [2.45, 2.75) is 66.6 Å². The molecule has 0 heterocycles. The fraction of sp³-hybridized carbons (Fsp3) is 0.667. The minimum Gasteiger partial charge on any atom is -0.490 e. The highest BCUT2D eigenvalue weighted by atomic mass is 16.5. The predicted octanol–water partition coefficient (Wildman–Crippen LogP) is 4.21. The molecule has 0 bridgehead atoms. The third-order valence-corrected chi connectivity index (χ3v) is 3.38. The molecule has 1 atom stereocenters. The summed E-state index contributed by atoms with van der Waals surface area (Å²) in [5.74, 6) is 1.57. The predicted molar refractivity (Wildman–Crippen MR) is 87.2 cm³/mol. The van der Waals surface area contributed by atoms with Crippen LogP contribution in [0.15, 0.2) is 18.2 Å². The Bertz CT molecular complexity index is 433. The number of ether oxygens (including phenoxy) is 2. The van der Waals surface area contributed by atoms with E-state index in [0.717, 1.165) is 29.9 Å². The molecule has 0 aliphatic heterocycles. The van der Waals surface area contributed by atoms with E-state index in [2.05, 4.69) is 26.8 Å². The Morgan fingerprint density at radius 2 is 1.81 bits per heavy atom. The largest absolute Gasteiger partial charge is 0.490 e. The summed E-state index contributed by atoms with van der Waals surface area (Å²) >= 11 is 0. The summed E-state index contributed by atoms with van der Waals surface area (Å²) in [6.45, 7) is 12.8. The second-order valence-electron chi connectivity index (χ2n) is 6.80. The minimum absolute atomic E-state index is 0.0799. The van der Waals surface area contributed by atoms with E-state index in [1.807, 2.05) is 32.9 Å². The van der Waals surface area contributed by atoms with Crippen LogP contribution in [0.4, 0.5) is 0 Å². The van der Waals surface area contributed by atoms with Gasteiger partial charge >= 0.3 is 0 Å². The number of benzene rings is 1. The Balaban J connectivity index is 2.78. The lowest BCUT2D eigenvalue weighted by atomic mass is 9.86. The van der Waals surface area contributed by atoms with Crippen LogP contribution < -0.4 is 9.47 Å². The maximum absolute atomic E-state index is 10.1. The van der Waals surface area contributed by atoms with E-state index in [4.69, 9.17) is 9.47 Å². The van der Waals surface area contributed by atoms with E-state index in [1.165, 1.54) is 0 Å². The second kappa shape index (κ2) is 7.69. The van der Waals surface area contributed by atoms with Gasteiger partial charge in [-0.25, -0.2) is 0 Å². The van der Waals surface area contributed by atoms with Crippen LogP contribution in [0.5, 0.6) is 11.5 Å². The normalized spacial score (nSPS) is 13.3. The number of rotatable bonds is 7. The number of hydrogen-bond donors (Lipinski definition) is 1. The summed E-state index contributed by atoms with van der Waals surface area (Å²) in [5, 5.41) is 10.1. The topological polar surface area (TPSA) is 38.7 Å². The number of aliphatic hydroxyl groups is 1. The molecule has 0 saturated heterocycles. The van der Waals surface area contributed by atoms with Crippen LogP contribution in [0.2, 0.25) is 0 Å². The first-order valence-corrected chi connectivity index (χ1v) is 7.84. The fourth-order valence-corrected chi connectivity index (χ4v) is 2.06. The first kappa shape index (κ1) is 17.8. The molecule has 120 valence electrons. The average Bonchev–Trinajstić information content (AvgIpc) is 2.37. The Morgan fingerprint density at radius 1 is 1.14 bits per heavy atom. The highest BCUT2D eigenvalue weighted by Crippen LogP contribution is 2.30. The van der Waals surface area contributed by atoms with Crippen LogP contribution in [-0.2, 0) is 6.42 Å². The summed E-state index contributed by atoms with van der Waals surface area (Å²) in [7, 11) is 0. The van der Waals surface area contributed by atoms with Gasteiger partial charge in [0.15, 0.2) is 11.5 Å². The SMILES string of the molecule is CCOc1cc(CCC(O)C(C)(C)C)ccc1OC(C)C. The Kier molecular flexibility index (Phi) is 6.53. The van der Waals surface area contributed by atoms with Crippen molar-refractivity contribution in [1.82, 2.24) is 0 Å². The molecule has 0 fully saturated rings. The molecule has 1 aromatic rings. The van der Waals surface area contributed by atoms with Crippen molar-refractivity contribution in [3.63, 3.8) is 0 Å². The van der Waals surface area contributed by atoms with Crippen molar-refractivity contribution in [3.05, 3.63) is 23.8 Å². The van der Waals surface area contributed by atoms with Crippen LogP contribution in [0.3, 0.4) is 0 Å². The minimum atomic E-state index is -0.306. The van der Waals surface area contributed by atoms with Gasteiger partial charge in [-0.05, 0) is 56.7 Å². The van der Waals surface area contributed by atoms with Gasteiger partial charge in [-0.3, -0.25) is 0 Å². The third kappa shape index (κ3) is 5.96. The summed E-state index contributed by atoms with van der Waals surface area (Å²) in [5.41, 5.74) is 1.08. The van der Waals surface area contributed by atoms with Gasteiger partial charge in [0.2, 0.25) is 0 Å². The molecule has 0 amide bonds. The number of aryl methyl sites for hydroxylation is 1. The van der Waals surface area contributed by atoms with E-state index < -0.39 is 0 Å². The van der Waals surface area contributed by atoms with Crippen LogP contribution in [-0.4, -0.2) is 23.9 Å². The molecule has 1 rings (SSSR count). The van der Waals surface area contributed by atoms with Gasteiger partial charge in [0, 0.05) is 0 Å². The molecule has 1 aromatic carbocycles. The Hall–Kier alpha value is -1.22. The summed E-state index contributed by atoms with van der Waals surface area (Å²) in [6, 6.07) is 6.04. The van der Waals surface area contributed by atoms with Crippen molar-refractivity contribution >= 4 is 0 Å². The molecule has 3 nitrogen and oxygen atoms in total. The van der Waals surface area contributed by atoms with E-state index in [9.17, 15) is 5.11 Å². The van der Waals surface area contributed by atoms with Crippen molar-refractivity contribution in [3.8, 4) is 11.5 Å². The molecular formula is C18H30O3. The zero-order valence-corrected chi connectivity index (χ0v) is 14.3. The smallest absolute Gasteiger partial charge is 0.161 e. The van der Waals surface area contributed by atoms with Crippen molar-refractivity contribution in [2.24, 2.45) is 5.41 Å². The summed E-state index contributed by atoms with van der Waals surface area (Å²) in [6.07, 6.45) is 1.40. The van der Waals surface area contributed by atoms with Crippen molar-refractivity contribution < 1.29 is 14.6 Å². The molecular weight excluding hydrogens is 264 g/mol. The van der Waals surface area contributed by atoms with E-state index >= 15 is 0 Å². The Morgan fingerprint density at radius 3 is 2.33 bits per heavy atom. The molecule has 0 aliphatic rings. The summed E-state index contributed by atoms with van der Waals surface area (Å²) < 4.78 is 11.4.